The fraction of sp³-hybridized carbons (Fsp3) is 0.250. The Morgan fingerprint density at radius 2 is 1.91 bits per heavy atom. The third-order valence-corrected chi connectivity index (χ3v) is 3.57. The molecule has 22 heavy (non-hydrogen) atoms. The van der Waals surface area contributed by atoms with Crippen molar-refractivity contribution in [2.24, 2.45) is 0 Å². The molecule has 0 heterocycles. The number of carbonyl (C=O) groups excluding carboxylic acids is 1. The molecule has 0 aliphatic carbocycles. The highest BCUT2D eigenvalue weighted by Gasteiger charge is 2.22. The van der Waals surface area contributed by atoms with Gasteiger partial charge in [0.25, 0.3) is 0 Å². The van der Waals surface area contributed by atoms with Crippen molar-refractivity contribution in [2.45, 2.75) is 26.2 Å². The van der Waals surface area contributed by atoms with Gasteiger partial charge in [0.05, 0.1) is 5.57 Å². The van der Waals surface area contributed by atoms with E-state index in [-0.39, 0.29) is 11.7 Å². The van der Waals surface area contributed by atoms with E-state index in [0.29, 0.717) is 17.9 Å². The molecule has 0 amide bonds. The van der Waals surface area contributed by atoms with Crippen LogP contribution in [-0.4, -0.2) is 12.4 Å². The summed E-state index contributed by atoms with van der Waals surface area (Å²) in [5, 5.41) is 0. The molecule has 0 bridgehead atoms. The van der Waals surface area contributed by atoms with Crippen LogP contribution in [0.5, 0.6) is 0 Å². The van der Waals surface area contributed by atoms with Crippen LogP contribution in [0.3, 0.4) is 0 Å². The zero-order valence-electron chi connectivity index (χ0n) is 13.5. The van der Waals surface area contributed by atoms with Crippen LogP contribution >= 0.6 is 0 Å². The lowest BCUT2D eigenvalue weighted by atomic mass is 9.88. The minimum Gasteiger partial charge on any atom is -0.489 e. The molecule has 2 heteroatoms. The molecule has 0 fully saturated rings. The van der Waals surface area contributed by atoms with Gasteiger partial charge in [-0.2, -0.15) is 0 Å². The van der Waals surface area contributed by atoms with E-state index in [1.54, 1.807) is 6.08 Å². The van der Waals surface area contributed by atoms with Crippen LogP contribution in [0.15, 0.2) is 73.6 Å². The van der Waals surface area contributed by atoms with Crippen molar-refractivity contribution >= 4 is 5.78 Å². The number of hydrogen-bond acceptors (Lipinski definition) is 2. The Hall–Kier alpha value is -2.35. The third-order valence-electron chi connectivity index (χ3n) is 3.57. The number of rotatable bonds is 9. The first-order valence-corrected chi connectivity index (χ1v) is 7.45. The molecular weight excluding hydrogens is 272 g/mol. The van der Waals surface area contributed by atoms with Gasteiger partial charge in [0.1, 0.15) is 12.4 Å². The van der Waals surface area contributed by atoms with E-state index in [2.05, 4.69) is 32.7 Å². The lowest BCUT2D eigenvalue weighted by molar-refractivity contribution is -0.116. The van der Waals surface area contributed by atoms with Crippen molar-refractivity contribution in [3.05, 3.63) is 84.7 Å². The number of benzene rings is 1. The Morgan fingerprint density at radius 1 is 1.23 bits per heavy atom. The number of carbonyl (C=O) groups is 1. The average Bonchev–Trinajstić information content (AvgIpc) is 2.57. The van der Waals surface area contributed by atoms with Crippen LogP contribution in [-0.2, 0) is 16.0 Å². The number of ether oxygens (including phenoxy) is 1. The topological polar surface area (TPSA) is 26.3 Å². The minimum atomic E-state index is -0.258. The second-order valence-electron chi connectivity index (χ2n) is 4.92. The molecule has 1 atom stereocenters. The monoisotopic (exact) mass is 296 g/mol. The quantitative estimate of drug-likeness (QED) is 0.284. The summed E-state index contributed by atoms with van der Waals surface area (Å²) >= 11 is 0. The highest BCUT2D eigenvalue weighted by molar-refractivity contribution is 6.03. The molecular formula is C20H24O2. The van der Waals surface area contributed by atoms with Gasteiger partial charge in [0, 0.05) is 5.92 Å². The number of Topliss-reactive ketones (excluding diaryl/α,β-unsaturated/α-hetero) is 1. The largest absolute Gasteiger partial charge is 0.489 e. The summed E-state index contributed by atoms with van der Waals surface area (Å²) in [5.41, 5.74) is 2.68. The fourth-order valence-corrected chi connectivity index (χ4v) is 2.37. The van der Waals surface area contributed by atoms with E-state index in [1.165, 1.54) is 17.7 Å². The predicted molar refractivity (Wildman–Crippen MR) is 92.8 cm³/mol. The summed E-state index contributed by atoms with van der Waals surface area (Å²) < 4.78 is 5.51. The van der Waals surface area contributed by atoms with Crippen molar-refractivity contribution in [2.75, 3.05) is 6.61 Å². The summed E-state index contributed by atoms with van der Waals surface area (Å²) in [7, 11) is 0. The normalized spacial score (nSPS) is 12.8. The molecule has 0 N–H and O–H groups in total. The van der Waals surface area contributed by atoms with Crippen LogP contribution in [0.25, 0.3) is 0 Å². The van der Waals surface area contributed by atoms with E-state index in [4.69, 9.17) is 4.74 Å². The zero-order valence-corrected chi connectivity index (χ0v) is 13.5. The Morgan fingerprint density at radius 3 is 2.45 bits per heavy atom. The molecule has 116 valence electrons. The van der Waals surface area contributed by atoms with E-state index < -0.39 is 0 Å². The lowest BCUT2D eigenvalue weighted by Crippen LogP contribution is -2.15. The molecule has 0 radical (unpaired) electrons. The predicted octanol–water partition coefficient (Wildman–Crippen LogP) is 4.75. The lowest BCUT2D eigenvalue weighted by Gasteiger charge is -2.17. The molecule has 1 unspecified atom stereocenters. The van der Waals surface area contributed by atoms with E-state index >= 15 is 0 Å². The SMILES string of the molecule is C=CCO/C(C=C)=C(/C=C)C(=O)C(C)c1ccccc1CC. The van der Waals surface area contributed by atoms with Gasteiger partial charge >= 0.3 is 0 Å². The van der Waals surface area contributed by atoms with E-state index in [0.717, 1.165) is 12.0 Å². The van der Waals surface area contributed by atoms with E-state index in [1.807, 2.05) is 25.1 Å². The zero-order chi connectivity index (χ0) is 16.5. The molecule has 1 rings (SSSR count). The maximum absolute atomic E-state index is 12.8. The molecule has 1 aromatic rings. The maximum atomic E-state index is 12.8. The Kier molecular flexibility index (Phi) is 7.11. The van der Waals surface area contributed by atoms with Crippen LogP contribution in [0.2, 0.25) is 0 Å². The number of hydrogen-bond donors (Lipinski definition) is 0. The first-order valence-electron chi connectivity index (χ1n) is 7.45. The molecule has 0 saturated carbocycles. The third kappa shape index (κ3) is 4.08. The van der Waals surface area contributed by atoms with Gasteiger partial charge in [-0.05, 0) is 23.6 Å². The Bertz CT molecular complexity index is 593. The van der Waals surface area contributed by atoms with Gasteiger partial charge in [-0.15, -0.1) is 0 Å². The molecule has 1 aromatic carbocycles. The van der Waals surface area contributed by atoms with Crippen molar-refractivity contribution in [1.29, 1.82) is 0 Å². The number of ketones is 1. The van der Waals surface area contributed by atoms with Gasteiger partial charge in [0.15, 0.2) is 5.78 Å². The smallest absolute Gasteiger partial charge is 0.173 e. The maximum Gasteiger partial charge on any atom is 0.173 e. The summed E-state index contributed by atoms with van der Waals surface area (Å²) in [6.45, 7) is 15.4. The molecule has 0 aliphatic rings. The van der Waals surface area contributed by atoms with Crippen LogP contribution in [0.4, 0.5) is 0 Å². The van der Waals surface area contributed by atoms with Crippen LogP contribution < -0.4 is 0 Å². The van der Waals surface area contributed by atoms with Gasteiger partial charge in [0.2, 0.25) is 0 Å². The molecule has 2 nitrogen and oxygen atoms in total. The molecule has 0 spiro atoms. The second-order valence-corrected chi connectivity index (χ2v) is 4.92. The standard InChI is InChI=1S/C20H24O2/c1-6-14-22-19(9-4)17(8-3)20(21)15(5)18-13-11-10-12-16(18)7-2/h6,8-13,15H,1,3-4,7,14H2,2,5H3/b19-17-. The molecule has 0 aromatic heterocycles. The van der Waals surface area contributed by atoms with Crippen molar-refractivity contribution in [3.8, 4) is 0 Å². The summed E-state index contributed by atoms with van der Waals surface area (Å²) in [4.78, 5) is 12.8. The first-order chi connectivity index (χ1) is 10.6. The summed E-state index contributed by atoms with van der Waals surface area (Å²) in [6.07, 6.45) is 5.59. The van der Waals surface area contributed by atoms with Gasteiger partial charge < -0.3 is 4.74 Å². The van der Waals surface area contributed by atoms with Crippen LogP contribution in [0.1, 0.15) is 30.9 Å². The first kappa shape index (κ1) is 17.7. The Labute approximate surface area is 133 Å². The highest BCUT2D eigenvalue weighted by Crippen LogP contribution is 2.26. The molecule has 0 saturated heterocycles. The number of allylic oxidation sites excluding steroid dienone is 3. The van der Waals surface area contributed by atoms with Crippen LogP contribution in [0, 0.1) is 0 Å². The fourth-order valence-electron chi connectivity index (χ4n) is 2.37. The van der Waals surface area contributed by atoms with Gasteiger partial charge in [-0.25, -0.2) is 0 Å². The van der Waals surface area contributed by atoms with Crippen molar-refractivity contribution in [3.63, 3.8) is 0 Å². The molecule has 0 aliphatic heterocycles. The van der Waals surface area contributed by atoms with Gasteiger partial charge in [-0.1, -0.05) is 70.0 Å². The van der Waals surface area contributed by atoms with E-state index in [9.17, 15) is 4.79 Å². The van der Waals surface area contributed by atoms with Gasteiger partial charge in [-0.3, -0.25) is 4.79 Å². The summed E-state index contributed by atoms with van der Waals surface area (Å²) in [5.74, 6) is 0.169. The number of aryl methyl sites for hydroxylation is 1. The second kappa shape index (κ2) is 8.83. The highest BCUT2D eigenvalue weighted by atomic mass is 16.5. The average molecular weight is 296 g/mol. The van der Waals surface area contributed by atoms with Crippen molar-refractivity contribution < 1.29 is 9.53 Å². The Balaban J connectivity index is 3.19. The summed E-state index contributed by atoms with van der Waals surface area (Å²) in [6, 6.07) is 8.00. The minimum absolute atomic E-state index is 0.0186. The van der Waals surface area contributed by atoms with Crippen molar-refractivity contribution in [1.82, 2.24) is 0 Å².